The highest BCUT2D eigenvalue weighted by atomic mass is 16.5. The van der Waals surface area contributed by atoms with E-state index in [0.717, 1.165) is 6.20 Å². The lowest BCUT2D eigenvalue weighted by Crippen LogP contribution is -2.18. The molecule has 8 heteroatoms. The minimum atomic E-state index is -1.26. The van der Waals surface area contributed by atoms with Gasteiger partial charge in [-0.2, -0.15) is 0 Å². The fourth-order valence-corrected chi connectivity index (χ4v) is 1.14. The van der Waals surface area contributed by atoms with Crippen molar-refractivity contribution < 1.29 is 24.2 Å². The van der Waals surface area contributed by atoms with E-state index in [1.54, 1.807) is 0 Å². The number of carbonyl (C=O) groups is 2. The minimum Gasteiger partial charge on any atom is -0.477 e. The Morgan fingerprint density at radius 2 is 2.32 bits per heavy atom. The lowest BCUT2D eigenvalue weighted by molar-refractivity contribution is 0.0697. The molecule has 8 nitrogen and oxygen atoms in total. The van der Waals surface area contributed by atoms with E-state index < -0.39 is 12.1 Å². The Morgan fingerprint density at radius 3 is 2.89 bits per heavy atom. The smallest absolute Gasteiger partial charge is 0.413 e. The first-order valence-corrected chi connectivity index (χ1v) is 5.21. The van der Waals surface area contributed by atoms with Gasteiger partial charge in [0.05, 0.1) is 0 Å². The number of rotatable bonds is 6. The Morgan fingerprint density at radius 1 is 1.58 bits per heavy atom. The molecule has 0 aliphatic carbocycles. The molecule has 0 atom stereocenters. The summed E-state index contributed by atoms with van der Waals surface area (Å²) in [5, 5.41) is 11.2. The van der Waals surface area contributed by atoms with Gasteiger partial charge in [-0.3, -0.25) is 5.32 Å². The Balaban J connectivity index is 2.93. The van der Waals surface area contributed by atoms with Gasteiger partial charge in [0.25, 0.3) is 0 Å². The fraction of sp³-hybridized carbons (Fsp3) is 0.273. The van der Waals surface area contributed by atoms with E-state index in [4.69, 9.17) is 9.84 Å². The first-order valence-electron chi connectivity index (χ1n) is 5.21. The largest absolute Gasteiger partial charge is 0.477 e. The second-order valence-corrected chi connectivity index (χ2v) is 3.30. The highest BCUT2D eigenvalue weighted by Crippen LogP contribution is 2.12. The van der Waals surface area contributed by atoms with Crippen LogP contribution in [-0.2, 0) is 16.1 Å². The molecule has 0 saturated carbocycles. The predicted octanol–water partition coefficient (Wildman–Crippen LogP) is 1.06. The number of hydrogen-bond donors (Lipinski definition) is 2. The average Bonchev–Trinajstić information content (AvgIpc) is 2.36. The van der Waals surface area contributed by atoms with Crippen molar-refractivity contribution in [3.8, 4) is 0 Å². The normalized spacial score (nSPS) is 9.74. The quantitative estimate of drug-likeness (QED) is 0.741. The molecule has 0 unspecified atom stereocenters. The second kappa shape index (κ2) is 7.07. The number of amides is 1. The van der Waals surface area contributed by atoms with Gasteiger partial charge in [-0.05, 0) is 0 Å². The van der Waals surface area contributed by atoms with Crippen molar-refractivity contribution in [3.63, 3.8) is 0 Å². The van der Waals surface area contributed by atoms with E-state index in [0.29, 0.717) is 0 Å². The third-order valence-electron chi connectivity index (χ3n) is 1.90. The molecule has 1 heterocycles. The number of ether oxygens (including phenoxy) is 2. The van der Waals surface area contributed by atoms with Gasteiger partial charge >= 0.3 is 12.1 Å². The van der Waals surface area contributed by atoms with E-state index >= 15 is 0 Å². The van der Waals surface area contributed by atoms with E-state index in [-0.39, 0.29) is 30.4 Å². The zero-order chi connectivity index (χ0) is 14.3. The standard InChI is InChI=1S/C11H13N3O5/c1-3-4-19-11(17)14-9-7(10(15)16)5-12-8(13-9)6-18-2/h3,5H,1,4,6H2,2H3,(H,15,16)(H,12,13,14,17). The van der Waals surface area contributed by atoms with Crippen LogP contribution in [0.1, 0.15) is 16.2 Å². The number of methoxy groups -OCH3 is 1. The third kappa shape index (κ3) is 4.36. The van der Waals surface area contributed by atoms with Crippen molar-refractivity contribution >= 4 is 17.9 Å². The molecule has 0 aliphatic heterocycles. The Kier molecular flexibility index (Phi) is 5.42. The van der Waals surface area contributed by atoms with E-state index in [9.17, 15) is 9.59 Å². The number of nitrogens with zero attached hydrogens (tertiary/aromatic N) is 2. The van der Waals surface area contributed by atoms with Crippen molar-refractivity contribution in [1.82, 2.24) is 9.97 Å². The van der Waals surface area contributed by atoms with Gasteiger partial charge in [0, 0.05) is 13.3 Å². The molecule has 0 aromatic carbocycles. The SMILES string of the molecule is C=CCOC(=O)Nc1nc(COC)ncc1C(=O)O. The summed E-state index contributed by atoms with van der Waals surface area (Å²) >= 11 is 0. The van der Waals surface area contributed by atoms with Crippen molar-refractivity contribution in [3.05, 3.63) is 30.2 Å². The number of aromatic nitrogens is 2. The zero-order valence-corrected chi connectivity index (χ0v) is 10.3. The fourth-order valence-electron chi connectivity index (χ4n) is 1.14. The lowest BCUT2D eigenvalue weighted by atomic mass is 10.3. The van der Waals surface area contributed by atoms with E-state index in [2.05, 4.69) is 26.6 Å². The van der Waals surface area contributed by atoms with Gasteiger partial charge in [0.15, 0.2) is 11.6 Å². The first-order chi connectivity index (χ1) is 9.08. The van der Waals surface area contributed by atoms with Gasteiger partial charge in [-0.1, -0.05) is 12.7 Å². The summed E-state index contributed by atoms with van der Waals surface area (Å²) < 4.78 is 9.50. The maximum Gasteiger partial charge on any atom is 0.413 e. The number of nitrogens with one attached hydrogen (secondary N) is 1. The van der Waals surface area contributed by atoms with Crippen LogP contribution in [0, 0.1) is 0 Å². The Bertz CT molecular complexity index is 489. The van der Waals surface area contributed by atoms with Gasteiger partial charge in [0.2, 0.25) is 0 Å². The number of anilines is 1. The molecule has 0 radical (unpaired) electrons. The first kappa shape index (κ1) is 14.6. The molecule has 0 saturated heterocycles. The van der Waals surface area contributed by atoms with E-state index in [1.165, 1.54) is 13.2 Å². The zero-order valence-electron chi connectivity index (χ0n) is 10.3. The van der Waals surface area contributed by atoms with Crippen molar-refractivity contribution in [1.29, 1.82) is 0 Å². The molecule has 1 amide bonds. The molecule has 19 heavy (non-hydrogen) atoms. The Hall–Kier alpha value is -2.48. The van der Waals surface area contributed by atoms with Crippen LogP contribution in [0.4, 0.5) is 10.6 Å². The third-order valence-corrected chi connectivity index (χ3v) is 1.90. The van der Waals surface area contributed by atoms with Crippen molar-refractivity contribution in [2.45, 2.75) is 6.61 Å². The summed E-state index contributed by atoms with van der Waals surface area (Å²) in [6.45, 7) is 3.48. The predicted molar refractivity (Wildman–Crippen MR) is 64.9 cm³/mol. The van der Waals surface area contributed by atoms with Crippen LogP contribution < -0.4 is 5.32 Å². The molecule has 2 N–H and O–H groups in total. The van der Waals surface area contributed by atoms with Crippen LogP contribution >= 0.6 is 0 Å². The summed E-state index contributed by atoms with van der Waals surface area (Å²) in [4.78, 5) is 30.0. The maximum atomic E-state index is 11.3. The van der Waals surface area contributed by atoms with Crippen molar-refractivity contribution in [2.24, 2.45) is 0 Å². The second-order valence-electron chi connectivity index (χ2n) is 3.30. The van der Waals surface area contributed by atoms with Gasteiger partial charge in [-0.25, -0.2) is 19.6 Å². The highest BCUT2D eigenvalue weighted by molar-refractivity contribution is 5.97. The molecule has 1 aromatic rings. The number of aromatic carboxylic acids is 1. The number of hydrogen-bond acceptors (Lipinski definition) is 6. The van der Waals surface area contributed by atoms with Gasteiger partial charge in [0.1, 0.15) is 18.8 Å². The van der Waals surface area contributed by atoms with Crippen LogP contribution in [0.25, 0.3) is 0 Å². The monoisotopic (exact) mass is 267 g/mol. The number of carboxylic acid groups (broad SMARTS) is 1. The van der Waals surface area contributed by atoms with Crippen LogP contribution in [0.2, 0.25) is 0 Å². The molecule has 1 rings (SSSR count). The maximum absolute atomic E-state index is 11.3. The topological polar surface area (TPSA) is 111 Å². The lowest BCUT2D eigenvalue weighted by Gasteiger charge is -2.08. The van der Waals surface area contributed by atoms with Crippen molar-refractivity contribution in [2.75, 3.05) is 19.0 Å². The van der Waals surface area contributed by atoms with Crippen LogP contribution in [0.5, 0.6) is 0 Å². The summed E-state index contributed by atoms with van der Waals surface area (Å²) in [6, 6.07) is 0. The summed E-state index contributed by atoms with van der Waals surface area (Å²) in [6.07, 6.45) is 1.64. The number of carboxylic acids is 1. The molecule has 0 aliphatic rings. The summed E-state index contributed by atoms with van der Waals surface area (Å²) in [5.74, 6) is -1.17. The van der Waals surface area contributed by atoms with Crippen LogP contribution in [0.15, 0.2) is 18.9 Å². The molecule has 102 valence electrons. The summed E-state index contributed by atoms with van der Waals surface area (Å²) in [5.41, 5.74) is -0.240. The highest BCUT2D eigenvalue weighted by Gasteiger charge is 2.16. The number of carbonyl (C=O) groups excluding carboxylic acids is 1. The van der Waals surface area contributed by atoms with E-state index in [1.807, 2.05) is 0 Å². The Labute approximate surface area is 109 Å². The molecule has 0 bridgehead atoms. The minimum absolute atomic E-state index is 0.00422. The average molecular weight is 267 g/mol. The molecular weight excluding hydrogens is 254 g/mol. The molecule has 0 fully saturated rings. The van der Waals surface area contributed by atoms with Gasteiger partial charge < -0.3 is 14.6 Å². The summed E-state index contributed by atoms with van der Waals surface area (Å²) in [7, 11) is 1.44. The van der Waals surface area contributed by atoms with Gasteiger partial charge in [-0.15, -0.1) is 0 Å². The van der Waals surface area contributed by atoms with Crippen LogP contribution in [-0.4, -0.2) is 40.9 Å². The van der Waals surface area contributed by atoms with Crippen LogP contribution in [0.3, 0.4) is 0 Å². The molecule has 1 aromatic heterocycles. The molecular formula is C11H13N3O5. The molecule has 0 spiro atoms.